The minimum atomic E-state index is -0.406. The highest BCUT2D eigenvalue weighted by Gasteiger charge is 2.22. The molecule has 3 aromatic rings. The fourth-order valence-electron chi connectivity index (χ4n) is 2.85. The van der Waals surface area contributed by atoms with Gasteiger partial charge in [0.05, 0.1) is 17.3 Å². The molecular formula is C22H26N4O3. The lowest BCUT2D eigenvalue weighted by Crippen LogP contribution is -2.29. The van der Waals surface area contributed by atoms with Gasteiger partial charge in [-0.25, -0.2) is 4.98 Å². The van der Waals surface area contributed by atoms with Crippen LogP contribution in [0, 0.1) is 5.92 Å². The van der Waals surface area contributed by atoms with E-state index in [9.17, 15) is 9.59 Å². The number of hydrogen-bond acceptors (Lipinski definition) is 4. The number of benzene rings is 1. The van der Waals surface area contributed by atoms with Crippen molar-refractivity contribution in [2.75, 3.05) is 11.9 Å². The van der Waals surface area contributed by atoms with Crippen LogP contribution in [-0.4, -0.2) is 33.8 Å². The quantitative estimate of drug-likeness (QED) is 0.639. The topological polar surface area (TPSA) is 84.7 Å². The van der Waals surface area contributed by atoms with Gasteiger partial charge in [-0.2, -0.15) is 0 Å². The molecule has 0 aliphatic carbocycles. The number of amides is 2. The van der Waals surface area contributed by atoms with Gasteiger partial charge in [-0.3, -0.25) is 14.0 Å². The second kappa shape index (κ2) is 8.77. The zero-order valence-corrected chi connectivity index (χ0v) is 17.1. The Hall–Kier alpha value is -3.35. The number of aromatic nitrogens is 2. The fraction of sp³-hybridized carbons (Fsp3) is 0.318. The first-order valence-corrected chi connectivity index (χ1v) is 9.69. The van der Waals surface area contributed by atoms with Gasteiger partial charge in [0.15, 0.2) is 5.69 Å². The van der Waals surface area contributed by atoms with Gasteiger partial charge in [0, 0.05) is 12.7 Å². The van der Waals surface area contributed by atoms with Crippen molar-refractivity contribution < 1.29 is 14.3 Å². The molecule has 29 heavy (non-hydrogen) atoms. The monoisotopic (exact) mass is 394 g/mol. The Bertz CT molecular complexity index is 1020. The summed E-state index contributed by atoms with van der Waals surface area (Å²) in [6.45, 7) is 8.40. The smallest absolute Gasteiger partial charge is 0.287 e. The minimum Gasteiger partial charge on any atom is -0.489 e. The van der Waals surface area contributed by atoms with Crippen molar-refractivity contribution in [2.24, 2.45) is 5.92 Å². The molecule has 0 saturated carbocycles. The van der Waals surface area contributed by atoms with Crippen LogP contribution in [0.15, 0.2) is 48.7 Å². The van der Waals surface area contributed by atoms with E-state index in [1.165, 1.54) is 0 Å². The van der Waals surface area contributed by atoms with E-state index in [0.717, 1.165) is 0 Å². The van der Waals surface area contributed by atoms with E-state index in [0.29, 0.717) is 29.4 Å². The highest BCUT2D eigenvalue weighted by atomic mass is 16.5. The number of nitrogens with zero attached hydrogens (tertiary/aromatic N) is 2. The van der Waals surface area contributed by atoms with Gasteiger partial charge in [0.25, 0.3) is 11.8 Å². The molecule has 1 aromatic carbocycles. The lowest BCUT2D eigenvalue weighted by molar-refractivity contribution is 0.0938. The van der Waals surface area contributed by atoms with Gasteiger partial charge in [0.2, 0.25) is 5.82 Å². The standard InChI is InChI=1S/C22H26N4O3/c1-14(2)13-23-22(28)20-25-19(17-10-7-8-12-26(17)20)21(27)24-16-9-5-6-11-18(16)29-15(3)4/h5-12,14-15H,13H2,1-4H3,(H,23,28)(H,24,27). The SMILES string of the molecule is CC(C)CNC(=O)c1nc(C(=O)Nc2ccccc2OC(C)C)c2ccccn12. The first kappa shape index (κ1) is 20.4. The predicted octanol–water partition coefficient (Wildman–Crippen LogP) is 3.76. The molecule has 3 rings (SSSR count). The summed E-state index contributed by atoms with van der Waals surface area (Å²) in [6, 6.07) is 12.6. The number of imidazole rings is 1. The molecule has 0 radical (unpaired) electrons. The molecule has 2 heterocycles. The minimum absolute atomic E-state index is 0.0299. The predicted molar refractivity (Wildman–Crippen MR) is 113 cm³/mol. The lowest BCUT2D eigenvalue weighted by atomic mass is 10.2. The first-order chi connectivity index (χ1) is 13.9. The third-order valence-electron chi connectivity index (χ3n) is 4.14. The number of rotatable bonds is 7. The molecule has 0 aliphatic heterocycles. The second-order valence-electron chi connectivity index (χ2n) is 7.46. The van der Waals surface area contributed by atoms with Crippen LogP contribution < -0.4 is 15.4 Å². The molecule has 0 fully saturated rings. The molecule has 2 aromatic heterocycles. The molecule has 0 atom stereocenters. The van der Waals surface area contributed by atoms with Crippen LogP contribution in [0.3, 0.4) is 0 Å². The molecule has 0 unspecified atom stereocenters. The van der Waals surface area contributed by atoms with Crippen LogP contribution in [0.5, 0.6) is 5.75 Å². The number of ether oxygens (including phenoxy) is 1. The summed E-state index contributed by atoms with van der Waals surface area (Å²) < 4.78 is 7.39. The van der Waals surface area contributed by atoms with Crippen LogP contribution in [-0.2, 0) is 0 Å². The lowest BCUT2D eigenvalue weighted by Gasteiger charge is -2.14. The maximum Gasteiger partial charge on any atom is 0.287 e. The van der Waals surface area contributed by atoms with Gasteiger partial charge in [-0.05, 0) is 44.0 Å². The van der Waals surface area contributed by atoms with Crippen LogP contribution in [0.2, 0.25) is 0 Å². The Balaban J connectivity index is 1.92. The molecule has 2 N–H and O–H groups in total. The van der Waals surface area contributed by atoms with Gasteiger partial charge >= 0.3 is 0 Å². The highest BCUT2D eigenvalue weighted by Crippen LogP contribution is 2.26. The van der Waals surface area contributed by atoms with E-state index in [2.05, 4.69) is 15.6 Å². The molecule has 0 saturated heterocycles. The van der Waals surface area contributed by atoms with E-state index in [-0.39, 0.29) is 23.5 Å². The fourth-order valence-corrected chi connectivity index (χ4v) is 2.85. The molecule has 152 valence electrons. The Morgan fingerprint density at radius 3 is 2.48 bits per heavy atom. The number of carbonyl (C=O) groups is 2. The number of nitrogens with one attached hydrogen (secondary N) is 2. The molecular weight excluding hydrogens is 368 g/mol. The van der Waals surface area contributed by atoms with Gasteiger partial charge < -0.3 is 15.4 Å². The average molecular weight is 394 g/mol. The number of carbonyl (C=O) groups excluding carboxylic acids is 2. The van der Waals surface area contributed by atoms with Gasteiger partial charge in [-0.1, -0.05) is 32.0 Å². The third-order valence-corrected chi connectivity index (χ3v) is 4.14. The van der Waals surface area contributed by atoms with Gasteiger partial charge in [0.1, 0.15) is 5.75 Å². The van der Waals surface area contributed by atoms with Crippen molar-refractivity contribution in [3.05, 3.63) is 60.2 Å². The highest BCUT2D eigenvalue weighted by molar-refractivity contribution is 6.09. The summed E-state index contributed by atoms with van der Waals surface area (Å²) in [4.78, 5) is 29.9. The Labute approximate surface area is 170 Å². The van der Waals surface area contributed by atoms with Crippen molar-refractivity contribution in [3.8, 4) is 5.75 Å². The zero-order valence-electron chi connectivity index (χ0n) is 17.1. The third kappa shape index (κ3) is 4.74. The molecule has 2 amide bonds. The van der Waals surface area contributed by atoms with Crippen molar-refractivity contribution in [3.63, 3.8) is 0 Å². The van der Waals surface area contributed by atoms with Crippen molar-refractivity contribution in [2.45, 2.75) is 33.8 Å². The molecule has 7 heteroatoms. The second-order valence-corrected chi connectivity index (χ2v) is 7.46. The average Bonchev–Trinajstić information content (AvgIpc) is 3.07. The summed E-state index contributed by atoms with van der Waals surface area (Å²) in [5, 5.41) is 5.70. The summed E-state index contributed by atoms with van der Waals surface area (Å²) in [6.07, 6.45) is 1.69. The maximum absolute atomic E-state index is 13.0. The van der Waals surface area contributed by atoms with Gasteiger partial charge in [-0.15, -0.1) is 0 Å². The van der Waals surface area contributed by atoms with Crippen molar-refractivity contribution in [1.82, 2.24) is 14.7 Å². The summed E-state index contributed by atoms with van der Waals surface area (Å²) in [7, 11) is 0. The number of fused-ring (bicyclic) bond motifs is 1. The van der Waals surface area contributed by atoms with E-state index < -0.39 is 5.91 Å². The first-order valence-electron chi connectivity index (χ1n) is 9.69. The molecule has 0 aliphatic rings. The van der Waals surface area contributed by atoms with Crippen molar-refractivity contribution in [1.29, 1.82) is 0 Å². The zero-order chi connectivity index (χ0) is 21.0. The Morgan fingerprint density at radius 2 is 1.76 bits per heavy atom. The Morgan fingerprint density at radius 1 is 1.03 bits per heavy atom. The molecule has 7 nitrogen and oxygen atoms in total. The molecule has 0 bridgehead atoms. The van der Waals surface area contributed by atoms with E-state index in [1.54, 1.807) is 40.9 Å². The number of pyridine rings is 1. The largest absolute Gasteiger partial charge is 0.489 e. The van der Waals surface area contributed by atoms with E-state index >= 15 is 0 Å². The van der Waals surface area contributed by atoms with Crippen LogP contribution in [0.1, 0.15) is 48.8 Å². The summed E-state index contributed by atoms with van der Waals surface area (Å²) in [5.74, 6) is 0.344. The van der Waals surface area contributed by atoms with Crippen LogP contribution >= 0.6 is 0 Å². The maximum atomic E-state index is 13.0. The van der Waals surface area contributed by atoms with Crippen LogP contribution in [0.25, 0.3) is 5.52 Å². The normalized spacial score (nSPS) is 11.1. The van der Waals surface area contributed by atoms with Crippen molar-refractivity contribution >= 4 is 23.0 Å². The van der Waals surface area contributed by atoms with E-state index in [1.807, 2.05) is 39.8 Å². The van der Waals surface area contributed by atoms with E-state index in [4.69, 9.17) is 4.74 Å². The summed E-state index contributed by atoms with van der Waals surface area (Å²) >= 11 is 0. The number of hydrogen-bond donors (Lipinski definition) is 2. The number of anilines is 1. The number of para-hydroxylation sites is 2. The van der Waals surface area contributed by atoms with Crippen LogP contribution in [0.4, 0.5) is 5.69 Å². The Kier molecular flexibility index (Phi) is 6.16. The molecule has 0 spiro atoms. The summed E-state index contributed by atoms with van der Waals surface area (Å²) in [5.41, 5.74) is 1.29.